The van der Waals surface area contributed by atoms with Crippen molar-refractivity contribution in [1.82, 2.24) is 4.31 Å². The van der Waals surface area contributed by atoms with Gasteiger partial charge in [0.2, 0.25) is 10.0 Å². The summed E-state index contributed by atoms with van der Waals surface area (Å²) in [5.41, 5.74) is 7.17. The van der Waals surface area contributed by atoms with E-state index in [0.29, 0.717) is 5.69 Å². The zero-order valence-corrected chi connectivity index (χ0v) is 10.9. The van der Waals surface area contributed by atoms with E-state index in [0.717, 1.165) is 5.56 Å². The van der Waals surface area contributed by atoms with Crippen molar-refractivity contribution < 1.29 is 13.2 Å². The number of rotatable bonds is 6. The van der Waals surface area contributed by atoms with E-state index in [4.69, 9.17) is 10.5 Å². The number of methoxy groups -OCH3 is 1. The van der Waals surface area contributed by atoms with Crippen molar-refractivity contribution in [2.45, 2.75) is 6.54 Å². The van der Waals surface area contributed by atoms with Crippen LogP contribution in [0.5, 0.6) is 0 Å². The fourth-order valence-corrected chi connectivity index (χ4v) is 2.39. The van der Waals surface area contributed by atoms with Crippen LogP contribution >= 0.6 is 0 Å². The number of benzene rings is 1. The minimum atomic E-state index is -3.28. The van der Waals surface area contributed by atoms with Gasteiger partial charge in [-0.05, 0) is 11.6 Å². The van der Waals surface area contributed by atoms with Crippen molar-refractivity contribution in [2.75, 3.05) is 32.3 Å². The number of nitrogens with zero attached hydrogens (tertiary/aromatic N) is 1. The molecule has 0 aromatic heterocycles. The van der Waals surface area contributed by atoms with Gasteiger partial charge in [0, 0.05) is 26.4 Å². The van der Waals surface area contributed by atoms with Crippen LogP contribution < -0.4 is 5.73 Å². The van der Waals surface area contributed by atoms with Gasteiger partial charge in [-0.3, -0.25) is 0 Å². The van der Waals surface area contributed by atoms with Crippen molar-refractivity contribution in [2.24, 2.45) is 0 Å². The average molecular weight is 258 g/mol. The zero-order valence-electron chi connectivity index (χ0n) is 10.1. The fraction of sp³-hybridized carbons (Fsp3) is 0.455. The van der Waals surface area contributed by atoms with Crippen LogP contribution in [0, 0.1) is 0 Å². The van der Waals surface area contributed by atoms with Crippen LogP contribution in [0.4, 0.5) is 5.69 Å². The Hall–Kier alpha value is -1.11. The molecular formula is C11H18N2O3S. The lowest BCUT2D eigenvalue weighted by Crippen LogP contribution is -2.30. The molecule has 0 aliphatic carbocycles. The Morgan fingerprint density at radius 2 is 2.00 bits per heavy atom. The first kappa shape index (κ1) is 14.0. The Morgan fingerprint density at radius 1 is 1.35 bits per heavy atom. The van der Waals surface area contributed by atoms with Crippen molar-refractivity contribution in [3.05, 3.63) is 29.8 Å². The Kier molecular flexibility index (Phi) is 4.92. The summed E-state index contributed by atoms with van der Waals surface area (Å²) < 4.78 is 29.7. The molecule has 0 spiro atoms. The van der Waals surface area contributed by atoms with E-state index in [-0.39, 0.29) is 18.9 Å². The molecule has 1 aromatic rings. The molecule has 0 aliphatic heterocycles. The summed E-state index contributed by atoms with van der Waals surface area (Å²) in [6.45, 7) is 0.468. The third-order valence-electron chi connectivity index (χ3n) is 2.47. The van der Waals surface area contributed by atoms with Crippen molar-refractivity contribution in [3.63, 3.8) is 0 Å². The number of para-hydroxylation sites is 1. The molecule has 0 fully saturated rings. The first-order valence-electron chi connectivity index (χ1n) is 5.23. The van der Waals surface area contributed by atoms with Crippen LogP contribution in [-0.4, -0.2) is 39.2 Å². The third-order valence-corrected chi connectivity index (χ3v) is 4.23. The number of ether oxygens (including phenoxy) is 1. The number of sulfonamides is 1. The van der Waals surface area contributed by atoms with Gasteiger partial charge < -0.3 is 10.5 Å². The predicted octanol–water partition coefficient (Wildman–Crippen LogP) is 0.677. The van der Waals surface area contributed by atoms with E-state index < -0.39 is 10.0 Å². The lowest BCUT2D eigenvalue weighted by Gasteiger charge is -2.17. The fourth-order valence-electron chi connectivity index (χ4n) is 1.36. The van der Waals surface area contributed by atoms with Gasteiger partial charge in [0.1, 0.15) is 0 Å². The molecule has 2 N–H and O–H groups in total. The molecular weight excluding hydrogens is 240 g/mol. The van der Waals surface area contributed by atoms with E-state index in [1.165, 1.54) is 18.5 Å². The van der Waals surface area contributed by atoms with Gasteiger partial charge in [0.05, 0.1) is 12.4 Å². The highest BCUT2D eigenvalue weighted by molar-refractivity contribution is 7.89. The molecule has 96 valence electrons. The first-order chi connectivity index (χ1) is 7.97. The second kappa shape index (κ2) is 6.00. The molecule has 0 saturated heterocycles. The monoisotopic (exact) mass is 258 g/mol. The largest absolute Gasteiger partial charge is 0.398 e. The number of hydrogen-bond acceptors (Lipinski definition) is 4. The standard InChI is InChI=1S/C11H18N2O3S/c1-13(17(14,15)8-7-16-2)9-10-5-3-4-6-11(10)12/h3-6H,7-9,12H2,1-2H3. The number of anilines is 1. The van der Waals surface area contributed by atoms with Crippen LogP contribution in [0.15, 0.2) is 24.3 Å². The molecule has 0 saturated carbocycles. The predicted molar refractivity (Wildman–Crippen MR) is 68.0 cm³/mol. The molecule has 6 heteroatoms. The summed E-state index contributed by atoms with van der Waals surface area (Å²) in [4.78, 5) is 0. The molecule has 1 rings (SSSR count). The molecule has 0 bridgehead atoms. The molecule has 1 aromatic carbocycles. The highest BCUT2D eigenvalue weighted by Crippen LogP contribution is 2.14. The van der Waals surface area contributed by atoms with Crippen LogP contribution in [-0.2, 0) is 21.3 Å². The topological polar surface area (TPSA) is 72.6 Å². The first-order valence-corrected chi connectivity index (χ1v) is 6.84. The second-order valence-corrected chi connectivity index (χ2v) is 5.96. The maximum absolute atomic E-state index is 11.8. The quantitative estimate of drug-likeness (QED) is 0.761. The maximum atomic E-state index is 11.8. The summed E-state index contributed by atoms with van der Waals surface area (Å²) in [6.07, 6.45) is 0. The minimum Gasteiger partial charge on any atom is -0.398 e. The Labute approximate surface area is 102 Å². The van der Waals surface area contributed by atoms with Crippen LogP contribution in [0.1, 0.15) is 5.56 Å². The molecule has 0 radical (unpaired) electrons. The summed E-state index contributed by atoms with van der Waals surface area (Å²) in [5.74, 6) is -0.0211. The van der Waals surface area contributed by atoms with Crippen molar-refractivity contribution in [3.8, 4) is 0 Å². The van der Waals surface area contributed by atoms with Gasteiger partial charge in [-0.15, -0.1) is 0 Å². The summed E-state index contributed by atoms with van der Waals surface area (Å²) in [6, 6.07) is 7.22. The van der Waals surface area contributed by atoms with E-state index in [1.807, 2.05) is 18.2 Å². The van der Waals surface area contributed by atoms with Crippen molar-refractivity contribution >= 4 is 15.7 Å². The van der Waals surface area contributed by atoms with E-state index in [2.05, 4.69) is 0 Å². The van der Waals surface area contributed by atoms with E-state index >= 15 is 0 Å². The molecule has 5 nitrogen and oxygen atoms in total. The van der Waals surface area contributed by atoms with Gasteiger partial charge >= 0.3 is 0 Å². The van der Waals surface area contributed by atoms with Crippen molar-refractivity contribution in [1.29, 1.82) is 0 Å². The Bertz CT molecular complexity index is 460. The number of nitrogen functional groups attached to an aromatic ring is 1. The van der Waals surface area contributed by atoms with Gasteiger partial charge in [0.25, 0.3) is 0 Å². The Balaban J connectivity index is 2.72. The van der Waals surface area contributed by atoms with Gasteiger partial charge in [-0.1, -0.05) is 18.2 Å². The summed E-state index contributed by atoms with van der Waals surface area (Å²) >= 11 is 0. The van der Waals surface area contributed by atoms with Crippen LogP contribution in [0.3, 0.4) is 0 Å². The van der Waals surface area contributed by atoms with Gasteiger partial charge in [-0.25, -0.2) is 12.7 Å². The number of hydrogen-bond donors (Lipinski definition) is 1. The lowest BCUT2D eigenvalue weighted by atomic mass is 10.2. The molecule has 0 heterocycles. The third kappa shape index (κ3) is 3.99. The molecule has 0 unspecified atom stereocenters. The molecule has 0 amide bonds. The Morgan fingerprint density at radius 3 is 2.59 bits per heavy atom. The molecule has 0 aliphatic rings. The average Bonchev–Trinajstić information content (AvgIpc) is 2.29. The van der Waals surface area contributed by atoms with E-state index in [9.17, 15) is 8.42 Å². The zero-order chi connectivity index (χ0) is 12.9. The molecule has 17 heavy (non-hydrogen) atoms. The highest BCUT2D eigenvalue weighted by Gasteiger charge is 2.18. The number of nitrogens with two attached hydrogens (primary N) is 1. The highest BCUT2D eigenvalue weighted by atomic mass is 32.2. The lowest BCUT2D eigenvalue weighted by molar-refractivity contribution is 0.215. The SMILES string of the molecule is COCCS(=O)(=O)N(C)Cc1ccccc1N. The van der Waals surface area contributed by atoms with E-state index in [1.54, 1.807) is 6.07 Å². The van der Waals surface area contributed by atoms with Gasteiger partial charge in [-0.2, -0.15) is 0 Å². The van der Waals surface area contributed by atoms with Crippen LogP contribution in [0.25, 0.3) is 0 Å². The smallest absolute Gasteiger partial charge is 0.216 e. The normalized spacial score (nSPS) is 11.9. The van der Waals surface area contributed by atoms with Gasteiger partial charge in [0.15, 0.2) is 0 Å². The summed E-state index contributed by atoms with van der Waals surface area (Å²) in [5, 5.41) is 0. The minimum absolute atomic E-state index is 0.0211. The maximum Gasteiger partial charge on any atom is 0.216 e. The van der Waals surface area contributed by atoms with Crippen LogP contribution in [0.2, 0.25) is 0 Å². The summed E-state index contributed by atoms with van der Waals surface area (Å²) in [7, 11) is -0.269. The second-order valence-electron chi connectivity index (χ2n) is 3.76. The molecule has 0 atom stereocenters.